The van der Waals surface area contributed by atoms with E-state index in [1.165, 1.54) is 5.32 Å². The average molecular weight is 147 g/mol. The van der Waals surface area contributed by atoms with Gasteiger partial charge in [-0.05, 0) is 0 Å². The van der Waals surface area contributed by atoms with Gasteiger partial charge in [0.05, 0.1) is 0 Å². The Balaban J connectivity index is 2.79. The minimum absolute atomic E-state index is 0.606. The van der Waals surface area contributed by atoms with Gasteiger partial charge in [-0.3, -0.25) is 0 Å². The van der Waals surface area contributed by atoms with Gasteiger partial charge < -0.3 is 0 Å². The SMILES string of the molecule is CC#C[Se]CC. The summed E-state index contributed by atoms with van der Waals surface area (Å²) in [7, 11) is 0. The van der Waals surface area contributed by atoms with E-state index in [1.807, 2.05) is 6.92 Å². The molecule has 0 heterocycles. The molecule has 0 aliphatic heterocycles. The van der Waals surface area contributed by atoms with Gasteiger partial charge >= 0.3 is 44.9 Å². The van der Waals surface area contributed by atoms with Crippen LogP contribution in [0.4, 0.5) is 0 Å². The fraction of sp³-hybridized carbons (Fsp3) is 0.600. The molecule has 0 aliphatic carbocycles. The monoisotopic (exact) mass is 148 g/mol. The summed E-state index contributed by atoms with van der Waals surface area (Å²) in [6, 6.07) is 0. The first kappa shape index (κ1) is 6.08. The molecule has 0 spiro atoms. The van der Waals surface area contributed by atoms with Crippen LogP contribution in [0.15, 0.2) is 0 Å². The minimum atomic E-state index is 0.606. The van der Waals surface area contributed by atoms with Crippen LogP contribution in [0.5, 0.6) is 0 Å². The van der Waals surface area contributed by atoms with Crippen LogP contribution in [-0.2, 0) is 0 Å². The van der Waals surface area contributed by atoms with Crippen LogP contribution in [0.25, 0.3) is 0 Å². The molecule has 0 bridgehead atoms. The Morgan fingerprint density at radius 1 is 1.67 bits per heavy atom. The van der Waals surface area contributed by atoms with Crippen LogP contribution in [0.1, 0.15) is 13.8 Å². The molecule has 0 rings (SSSR count). The van der Waals surface area contributed by atoms with Crippen LogP contribution in [0.3, 0.4) is 0 Å². The molecule has 0 amide bonds. The molecular formula is C5H8Se. The Morgan fingerprint density at radius 2 is 2.33 bits per heavy atom. The van der Waals surface area contributed by atoms with Gasteiger partial charge in [-0.1, -0.05) is 0 Å². The molecule has 0 unspecified atom stereocenters. The van der Waals surface area contributed by atoms with E-state index in [1.54, 1.807) is 0 Å². The molecular weight excluding hydrogens is 139 g/mol. The van der Waals surface area contributed by atoms with Crippen LogP contribution in [-0.4, -0.2) is 15.0 Å². The molecule has 0 N–H and O–H groups in total. The van der Waals surface area contributed by atoms with Gasteiger partial charge in [-0.15, -0.1) is 0 Å². The third-order valence-electron chi connectivity index (χ3n) is 0.319. The topological polar surface area (TPSA) is 0 Å². The third kappa shape index (κ3) is 4.08. The van der Waals surface area contributed by atoms with E-state index in [0.29, 0.717) is 15.0 Å². The molecule has 0 aromatic heterocycles. The fourth-order valence-electron chi connectivity index (χ4n) is 0.144. The molecule has 1 heteroatoms. The van der Waals surface area contributed by atoms with Crippen LogP contribution in [0.2, 0.25) is 5.32 Å². The summed E-state index contributed by atoms with van der Waals surface area (Å²) in [6.07, 6.45) is 0. The van der Waals surface area contributed by atoms with E-state index in [0.717, 1.165) is 0 Å². The molecule has 0 aromatic rings. The van der Waals surface area contributed by atoms with Gasteiger partial charge in [0.1, 0.15) is 0 Å². The van der Waals surface area contributed by atoms with E-state index in [-0.39, 0.29) is 0 Å². The summed E-state index contributed by atoms with van der Waals surface area (Å²) in [5.74, 6) is 2.85. The number of hydrogen-bond donors (Lipinski definition) is 0. The molecule has 0 atom stereocenters. The normalized spacial score (nSPS) is 6.33. The second-order valence-corrected chi connectivity index (χ2v) is 3.03. The number of rotatable bonds is 1. The second kappa shape index (κ2) is 5.08. The van der Waals surface area contributed by atoms with Crippen molar-refractivity contribution in [2.24, 2.45) is 0 Å². The van der Waals surface area contributed by atoms with Crippen molar-refractivity contribution in [2.45, 2.75) is 19.2 Å². The maximum atomic E-state index is 3.01. The van der Waals surface area contributed by atoms with E-state index >= 15 is 0 Å². The van der Waals surface area contributed by atoms with Crippen molar-refractivity contribution < 1.29 is 0 Å². The zero-order valence-electron chi connectivity index (χ0n) is 4.12. The molecule has 0 aliphatic rings. The van der Waals surface area contributed by atoms with Crippen molar-refractivity contribution in [2.75, 3.05) is 0 Å². The van der Waals surface area contributed by atoms with Crippen LogP contribution >= 0.6 is 0 Å². The third-order valence-corrected chi connectivity index (χ3v) is 1.66. The molecule has 0 saturated carbocycles. The first-order chi connectivity index (χ1) is 2.91. The number of hydrogen-bond acceptors (Lipinski definition) is 0. The zero-order valence-corrected chi connectivity index (χ0v) is 5.83. The molecule has 0 aromatic carbocycles. The summed E-state index contributed by atoms with van der Waals surface area (Å²) in [6.45, 7) is 4.04. The Morgan fingerprint density at radius 3 is 2.50 bits per heavy atom. The van der Waals surface area contributed by atoms with Crippen molar-refractivity contribution in [3.05, 3.63) is 0 Å². The Bertz CT molecular complexity index is 65.7. The van der Waals surface area contributed by atoms with Gasteiger partial charge in [-0.25, -0.2) is 0 Å². The molecule has 0 fully saturated rings. The predicted molar refractivity (Wildman–Crippen MR) is 29.7 cm³/mol. The van der Waals surface area contributed by atoms with E-state index in [9.17, 15) is 0 Å². The van der Waals surface area contributed by atoms with Gasteiger partial charge in [0, 0.05) is 0 Å². The predicted octanol–water partition coefficient (Wildman–Crippen LogP) is 1.11. The Labute approximate surface area is 45.5 Å². The van der Waals surface area contributed by atoms with Gasteiger partial charge in [0.25, 0.3) is 0 Å². The van der Waals surface area contributed by atoms with E-state index in [4.69, 9.17) is 0 Å². The van der Waals surface area contributed by atoms with Crippen molar-refractivity contribution in [3.63, 3.8) is 0 Å². The first-order valence-corrected chi connectivity index (χ1v) is 4.02. The zero-order chi connectivity index (χ0) is 4.83. The molecule has 34 valence electrons. The Hall–Kier alpha value is 0.0795. The Kier molecular flexibility index (Phi) is 5.15. The van der Waals surface area contributed by atoms with Crippen LogP contribution < -0.4 is 0 Å². The molecule has 0 saturated heterocycles. The summed E-state index contributed by atoms with van der Waals surface area (Å²) >= 11 is 0.606. The van der Waals surface area contributed by atoms with Crippen LogP contribution in [0, 0.1) is 10.7 Å². The molecule has 0 nitrogen and oxygen atoms in total. The average Bonchev–Trinajstić information content (AvgIpc) is 1.61. The second-order valence-electron chi connectivity index (χ2n) is 0.785. The van der Waals surface area contributed by atoms with Crippen molar-refractivity contribution in [3.8, 4) is 10.7 Å². The quantitative estimate of drug-likeness (QED) is 0.385. The van der Waals surface area contributed by atoms with Crippen molar-refractivity contribution in [1.82, 2.24) is 0 Å². The first-order valence-electron chi connectivity index (χ1n) is 1.95. The maximum absolute atomic E-state index is 3.01. The van der Waals surface area contributed by atoms with Gasteiger partial charge in [-0.2, -0.15) is 0 Å². The van der Waals surface area contributed by atoms with E-state index in [2.05, 4.69) is 17.7 Å². The summed E-state index contributed by atoms with van der Waals surface area (Å²) in [5, 5.41) is 1.24. The summed E-state index contributed by atoms with van der Waals surface area (Å²) in [4.78, 5) is 3.01. The molecule has 0 radical (unpaired) electrons. The van der Waals surface area contributed by atoms with Crippen molar-refractivity contribution >= 4 is 15.0 Å². The standard InChI is InChI=1S/C5H8Se/c1-3-5-6-4-2/h4H2,1-2H3. The van der Waals surface area contributed by atoms with Gasteiger partial charge in [0.15, 0.2) is 0 Å². The van der Waals surface area contributed by atoms with Crippen molar-refractivity contribution in [1.29, 1.82) is 0 Å². The van der Waals surface area contributed by atoms with E-state index < -0.39 is 0 Å². The van der Waals surface area contributed by atoms with Gasteiger partial charge in [0.2, 0.25) is 0 Å². The molecule has 6 heavy (non-hydrogen) atoms. The summed E-state index contributed by atoms with van der Waals surface area (Å²) < 4.78 is 0. The summed E-state index contributed by atoms with van der Waals surface area (Å²) in [5.41, 5.74) is 0. The fourth-order valence-corrected chi connectivity index (χ4v) is 0.750.